The smallest absolute Gasteiger partial charge is 0.109 e. The van der Waals surface area contributed by atoms with Gasteiger partial charge in [0.1, 0.15) is 9.75 Å². The van der Waals surface area contributed by atoms with Gasteiger partial charge in [-0.2, -0.15) is 0 Å². The van der Waals surface area contributed by atoms with Crippen LogP contribution in [0.5, 0.6) is 0 Å². The molecule has 0 spiro atoms. The molecule has 2 bridgehead atoms. The van der Waals surface area contributed by atoms with Crippen LogP contribution in [0.25, 0.3) is 0 Å². The average Bonchev–Trinajstić information content (AvgIpc) is 2.51. The molecule has 1 fully saturated rings. The first-order valence-electron chi connectivity index (χ1n) is 5.28. The molecule has 0 aromatic rings. The summed E-state index contributed by atoms with van der Waals surface area (Å²) >= 11 is 38.6. The molecule has 0 saturated heterocycles. The summed E-state index contributed by atoms with van der Waals surface area (Å²) in [5, 5.41) is 0.589. The van der Waals surface area contributed by atoms with E-state index in [1.165, 1.54) is 0 Å². The minimum absolute atomic E-state index is 0.0247. The Morgan fingerprint density at radius 3 is 2.24 bits per heavy atom. The molecule has 3 rings (SSSR count). The number of hydrogen-bond acceptors (Lipinski definition) is 0. The lowest BCUT2D eigenvalue weighted by molar-refractivity contribution is 0.349. The number of halogens is 6. The van der Waals surface area contributed by atoms with E-state index in [2.05, 4.69) is 6.08 Å². The molecule has 94 valence electrons. The summed E-state index contributed by atoms with van der Waals surface area (Å²) in [5.74, 6) is -0.0444. The summed E-state index contributed by atoms with van der Waals surface area (Å²) in [6, 6.07) is 0. The average molecular weight is 353 g/mol. The highest BCUT2D eigenvalue weighted by molar-refractivity contribution is 6.65. The number of hydrogen-bond donors (Lipinski definition) is 0. The van der Waals surface area contributed by atoms with Crippen LogP contribution in [0.1, 0.15) is 12.8 Å². The molecule has 0 aliphatic heterocycles. The van der Waals surface area contributed by atoms with Crippen LogP contribution in [0.3, 0.4) is 0 Å². The standard InChI is InChI=1S/C11H8Cl6/c12-7-8(13)10(15)6-4-2-1-3-5(6)9(7,14)11(10,16)17/h1,3,5-6H,2,4H2/t5-,6+,9-,10+/m1/s1. The van der Waals surface area contributed by atoms with E-state index in [1.807, 2.05) is 6.08 Å². The van der Waals surface area contributed by atoms with Gasteiger partial charge < -0.3 is 0 Å². The van der Waals surface area contributed by atoms with Crippen molar-refractivity contribution in [2.45, 2.75) is 26.9 Å². The van der Waals surface area contributed by atoms with Crippen LogP contribution in [-0.2, 0) is 0 Å². The third-order valence-corrected chi connectivity index (χ3v) is 8.46. The molecule has 17 heavy (non-hydrogen) atoms. The van der Waals surface area contributed by atoms with Crippen LogP contribution < -0.4 is 0 Å². The fraction of sp³-hybridized carbons (Fsp3) is 0.636. The van der Waals surface area contributed by atoms with Crippen LogP contribution in [0.4, 0.5) is 0 Å². The number of fused-ring (bicyclic) bond motifs is 5. The quantitative estimate of drug-likeness (QED) is 0.403. The van der Waals surface area contributed by atoms with Gasteiger partial charge in [0.2, 0.25) is 0 Å². The van der Waals surface area contributed by atoms with Crippen LogP contribution in [0.15, 0.2) is 22.2 Å². The van der Waals surface area contributed by atoms with Gasteiger partial charge in [0.15, 0.2) is 4.33 Å². The van der Waals surface area contributed by atoms with E-state index >= 15 is 0 Å². The summed E-state index contributed by atoms with van der Waals surface area (Å²) in [7, 11) is 0. The molecule has 6 heteroatoms. The zero-order valence-electron chi connectivity index (χ0n) is 8.49. The maximum absolute atomic E-state index is 6.64. The van der Waals surface area contributed by atoms with Gasteiger partial charge in [-0.05, 0) is 18.8 Å². The van der Waals surface area contributed by atoms with Crippen LogP contribution >= 0.6 is 69.6 Å². The Kier molecular flexibility index (Phi) is 2.84. The van der Waals surface area contributed by atoms with E-state index in [0.717, 1.165) is 12.8 Å². The molecule has 0 nitrogen and oxygen atoms in total. The van der Waals surface area contributed by atoms with Gasteiger partial charge in [-0.3, -0.25) is 0 Å². The Balaban J connectivity index is 2.30. The molecule has 0 amide bonds. The second-order valence-corrected chi connectivity index (χ2v) is 8.04. The fourth-order valence-electron chi connectivity index (χ4n) is 3.30. The van der Waals surface area contributed by atoms with Gasteiger partial charge in [0.25, 0.3) is 0 Å². The zero-order valence-corrected chi connectivity index (χ0v) is 13.0. The molecule has 0 aromatic heterocycles. The molecule has 0 N–H and O–H groups in total. The highest BCUT2D eigenvalue weighted by atomic mass is 35.5. The van der Waals surface area contributed by atoms with E-state index in [9.17, 15) is 0 Å². The first kappa shape index (κ1) is 13.2. The minimum atomic E-state index is -1.39. The Labute approximate surface area is 130 Å². The summed E-state index contributed by atoms with van der Waals surface area (Å²) in [5.41, 5.74) is 0. The minimum Gasteiger partial charge on any atom is -0.109 e. The first-order chi connectivity index (χ1) is 7.79. The third kappa shape index (κ3) is 1.18. The topological polar surface area (TPSA) is 0 Å². The Hall–Kier alpha value is 1.22. The monoisotopic (exact) mass is 350 g/mol. The lowest BCUT2D eigenvalue weighted by Crippen LogP contribution is -2.44. The molecule has 3 aliphatic carbocycles. The van der Waals surface area contributed by atoms with Crippen molar-refractivity contribution in [3.8, 4) is 0 Å². The van der Waals surface area contributed by atoms with Crippen LogP contribution in [0.2, 0.25) is 0 Å². The van der Waals surface area contributed by atoms with Gasteiger partial charge in [0.05, 0.1) is 10.1 Å². The van der Waals surface area contributed by atoms with Gasteiger partial charge in [-0.25, -0.2) is 0 Å². The van der Waals surface area contributed by atoms with Gasteiger partial charge in [-0.15, -0.1) is 23.2 Å². The molecular weight excluding hydrogens is 345 g/mol. The molecule has 0 heterocycles. The molecule has 4 atom stereocenters. The third-order valence-electron chi connectivity index (χ3n) is 4.14. The largest absolute Gasteiger partial charge is 0.167 e. The van der Waals surface area contributed by atoms with Crippen molar-refractivity contribution in [2.24, 2.45) is 11.8 Å². The Bertz CT molecular complexity index is 453. The zero-order chi connectivity index (χ0) is 12.6. The van der Waals surface area contributed by atoms with E-state index in [0.29, 0.717) is 5.03 Å². The van der Waals surface area contributed by atoms with Crippen molar-refractivity contribution in [1.82, 2.24) is 0 Å². The summed E-state index contributed by atoms with van der Waals surface area (Å²) in [4.78, 5) is -2.19. The molecule has 1 saturated carbocycles. The molecule has 0 unspecified atom stereocenters. The number of alkyl halides is 4. The Morgan fingerprint density at radius 2 is 1.59 bits per heavy atom. The highest BCUT2D eigenvalue weighted by Gasteiger charge is 2.81. The lowest BCUT2D eigenvalue weighted by atomic mass is 9.76. The molecule has 3 aliphatic rings. The van der Waals surface area contributed by atoms with Crippen molar-refractivity contribution in [3.05, 3.63) is 22.2 Å². The van der Waals surface area contributed by atoms with Crippen molar-refractivity contribution >= 4 is 69.6 Å². The maximum atomic E-state index is 6.64. The maximum Gasteiger partial charge on any atom is 0.167 e. The van der Waals surface area contributed by atoms with Gasteiger partial charge in [-0.1, -0.05) is 58.6 Å². The lowest BCUT2D eigenvalue weighted by Gasteiger charge is -2.37. The molecule has 0 aromatic carbocycles. The van der Waals surface area contributed by atoms with Crippen molar-refractivity contribution in [2.75, 3.05) is 0 Å². The number of rotatable bonds is 0. The second kappa shape index (κ2) is 3.65. The normalized spacial score (nSPS) is 50.9. The predicted octanol–water partition coefficient (Wildman–Crippen LogP) is 5.41. The fourth-order valence-corrected chi connectivity index (χ4v) is 6.35. The summed E-state index contributed by atoms with van der Waals surface area (Å²) in [6.45, 7) is 0. The second-order valence-electron chi connectivity index (χ2n) is 4.76. The van der Waals surface area contributed by atoms with E-state index < -0.39 is 14.1 Å². The van der Waals surface area contributed by atoms with Crippen LogP contribution in [0, 0.1) is 11.8 Å². The van der Waals surface area contributed by atoms with Gasteiger partial charge in [0, 0.05) is 5.92 Å². The van der Waals surface area contributed by atoms with Gasteiger partial charge >= 0.3 is 0 Å². The molecule has 0 radical (unpaired) electrons. The van der Waals surface area contributed by atoms with E-state index in [1.54, 1.807) is 0 Å². The van der Waals surface area contributed by atoms with E-state index in [-0.39, 0.29) is 16.9 Å². The molecular formula is C11H8Cl6. The van der Waals surface area contributed by atoms with Crippen molar-refractivity contribution < 1.29 is 0 Å². The summed E-state index contributed by atoms with van der Waals surface area (Å²) in [6.07, 6.45) is 5.86. The van der Waals surface area contributed by atoms with Crippen molar-refractivity contribution in [3.63, 3.8) is 0 Å². The highest BCUT2D eigenvalue weighted by Crippen LogP contribution is 2.77. The first-order valence-corrected chi connectivity index (χ1v) is 7.55. The van der Waals surface area contributed by atoms with Crippen LogP contribution in [-0.4, -0.2) is 14.1 Å². The Morgan fingerprint density at radius 1 is 1.00 bits per heavy atom. The number of allylic oxidation sites excluding steroid dienone is 4. The SMILES string of the molecule is ClC1=C(Cl)[C@]2(Cl)[C@@H]3C=CCC[C@@H]3[C@@]1(Cl)C2(Cl)Cl. The van der Waals surface area contributed by atoms with E-state index in [4.69, 9.17) is 69.6 Å². The predicted molar refractivity (Wildman–Crippen MR) is 75.7 cm³/mol. The van der Waals surface area contributed by atoms with Crippen molar-refractivity contribution in [1.29, 1.82) is 0 Å². The summed E-state index contributed by atoms with van der Waals surface area (Å²) < 4.78 is -1.39.